The van der Waals surface area contributed by atoms with Gasteiger partial charge in [-0.15, -0.1) is 11.8 Å². The minimum absolute atomic E-state index is 0.0211. The maximum absolute atomic E-state index is 13.2. The smallest absolute Gasteiger partial charge is 0.244 e. The van der Waals surface area contributed by atoms with Gasteiger partial charge >= 0.3 is 0 Å². The molecule has 1 atom stereocenters. The Bertz CT molecular complexity index is 1150. The molecule has 162 valence electrons. The van der Waals surface area contributed by atoms with Crippen LogP contribution in [0.2, 0.25) is 0 Å². The largest absolute Gasteiger partial charge is 0.326 e. The zero-order valence-electron chi connectivity index (χ0n) is 17.6. The van der Waals surface area contributed by atoms with Crippen molar-refractivity contribution in [1.82, 2.24) is 0 Å². The molecule has 1 unspecified atom stereocenters. The Morgan fingerprint density at radius 2 is 1.62 bits per heavy atom. The van der Waals surface area contributed by atoms with Crippen LogP contribution in [0.5, 0.6) is 0 Å². The van der Waals surface area contributed by atoms with Crippen LogP contribution in [-0.2, 0) is 14.4 Å². The van der Waals surface area contributed by atoms with Crippen LogP contribution < -0.4 is 15.5 Å². The van der Waals surface area contributed by atoms with E-state index in [0.29, 0.717) is 17.8 Å². The van der Waals surface area contributed by atoms with Crippen LogP contribution in [0.25, 0.3) is 0 Å². The quantitative estimate of drug-likeness (QED) is 0.588. The Morgan fingerprint density at radius 3 is 2.38 bits per heavy atom. The molecular formula is C25H23N3O3S. The van der Waals surface area contributed by atoms with Gasteiger partial charge in [-0.1, -0.05) is 48.5 Å². The summed E-state index contributed by atoms with van der Waals surface area (Å²) in [7, 11) is 0. The van der Waals surface area contributed by atoms with Gasteiger partial charge in [0.15, 0.2) is 0 Å². The van der Waals surface area contributed by atoms with E-state index in [-0.39, 0.29) is 29.5 Å². The van der Waals surface area contributed by atoms with Crippen molar-refractivity contribution >= 4 is 46.5 Å². The fourth-order valence-electron chi connectivity index (χ4n) is 3.63. The van der Waals surface area contributed by atoms with Gasteiger partial charge in [0.2, 0.25) is 17.7 Å². The molecule has 0 aromatic heterocycles. The van der Waals surface area contributed by atoms with Crippen molar-refractivity contribution in [3.63, 3.8) is 0 Å². The lowest BCUT2D eigenvalue weighted by Gasteiger charge is -2.22. The number of carbonyl (C=O) groups is 3. The van der Waals surface area contributed by atoms with Crippen molar-refractivity contribution in [2.75, 3.05) is 22.1 Å². The molecule has 7 heteroatoms. The minimum atomic E-state index is -0.309. The molecule has 3 amide bonds. The van der Waals surface area contributed by atoms with Gasteiger partial charge < -0.3 is 15.5 Å². The highest BCUT2D eigenvalue weighted by Gasteiger charge is 2.30. The van der Waals surface area contributed by atoms with Gasteiger partial charge in [0.25, 0.3) is 0 Å². The van der Waals surface area contributed by atoms with Crippen LogP contribution >= 0.6 is 11.8 Å². The van der Waals surface area contributed by atoms with E-state index in [0.717, 1.165) is 16.1 Å². The molecule has 0 aliphatic carbocycles. The summed E-state index contributed by atoms with van der Waals surface area (Å²) in [5.41, 5.74) is 2.96. The molecule has 0 spiro atoms. The Morgan fingerprint density at radius 1 is 0.938 bits per heavy atom. The third-order valence-electron chi connectivity index (χ3n) is 5.03. The van der Waals surface area contributed by atoms with E-state index in [1.165, 1.54) is 6.92 Å². The number of nitrogens with zero attached hydrogens (tertiary/aromatic N) is 1. The van der Waals surface area contributed by atoms with E-state index in [1.807, 2.05) is 54.6 Å². The fourth-order valence-corrected chi connectivity index (χ4v) is 4.91. The summed E-state index contributed by atoms with van der Waals surface area (Å²) in [6.07, 6.45) is 0.300. The lowest BCUT2D eigenvalue weighted by molar-refractivity contribution is -0.121. The van der Waals surface area contributed by atoms with Crippen molar-refractivity contribution in [2.45, 2.75) is 23.5 Å². The molecule has 1 aliphatic rings. The summed E-state index contributed by atoms with van der Waals surface area (Å²) < 4.78 is 0. The predicted octanol–water partition coefficient (Wildman–Crippen LogP) is 4.85. The molecule has 3 aromatic rings. The molecule has 0 saturated heterocycles. The second-order valence-electron chi connectivity index (χ2n) is 7.48. The van der Waals surface area contributed by atoms with Crippen molar-refractivity contribution in [3.05, 3.63) is 84.4 Å². The number of hydrogen-bond donors (Lipinski definition) is 2. The standard InChI is InChI=1S/C25H23N3O3S/c1-17(29)26-19-10-7-11-20(14-19)27-24(30)16-28-21-12-5-6-13-22(21)32-23(15-25(28)31)18-8-3-2-4-9-18/h2-14,23H,15-16H2,1H3,(H,26,29)(H,27,30). The van der Waals surface area contributed by atoms with Crippen molar-refractivity contribution in [3.8, 4) is 0 Å². The summed E-state index contributed by atoms with van der Waals surface area (Å²) in [4.78, 5) is 39.8. The van der Waals surface area contributed by atoms with E-state index in [2.05, 4.69) is 10.6 Å². The first kappa shape index (κ1) is 21.6. The summed E-state index contributed by atoms with van der Waals surface area (Å²) in [5.74, 6) is -0.597. The number of amides is 3. The Hall–Kier alpha value is -3.58. The molecule has 1 heterocycles. The van der Waals surface area contributed by atoms with Gasteiger partial charge in [-0.05, 0) is 35.9 Å². The van der Waals surface area contributed by atoms with Gasteiger partial charge in [-0.2, -0.15) is 0 Å². The lowest BCUT2D eigenvalue weighted by atomic mass is 10.1. The number of anilines is 3. The fraction of sp³-hybridized carbons (Fsp3) is 0.160. The maximum Gasteiger partial charge on any atom is 0.244 e. The number of carbonyl (C=O) groups excluding carboxylic acids is 3. The van der Waals surface area contributed by atoms with Crippen LogP contribution in [0.1, 0.15) is 24.2 Å². The third kappa shape index (κ3) is 5.18. The molecular weight excluding hydrogens is 422 g/mol. The first-order valence-electron chi connectivity index (χ1n) is 10.3. The van der Waals surface area contributed by atoms with Crippen LogP contribution in [0, 0.1) is 0 Å². The highest BCUT2D eigenvalue weighted by atomic mass is 32.2. The Kier molecular flexibility index (Phi) is 6.56. The SMILES string of the molecule is CC(=O)Nc1cccc(NC(=O)CN2C(=O)CC(c3ccccc3)Sc3ccccc32)c1. The van der Waals surface area contributed by atoms with Crippen LogP contribution in [-0.4, -0.2) is 24.3 Å². The van der Waals surface area contributed by atoms with Gasteiger partial charge in [0, 0.05) is 34.9 Å². The maximum atomic E-state index is 13.2. The van der Waals surface area contributed by atoms with E-state index in [4.69, 9.17) is 0 Å². The number of fused-ring (bicyclic) bond motifs is 1. The number of hydrogen-bond acceptors (Lipinski definition) is 4. The zero-order chi connectivity index (χ0) is 22.5. The van der Waals surface area contributed by atoms with Gasteiger partial charge in [0.05, 0.1) is 5.69 Å². The summed E-state index contributed by atoms with van der Waals surface area (Å²) in [5, 5.41) is 5.50. The Balaban J connectivity index is 1.54. The van der Waals surface area contributed by atoms with E-state index < -0.39 is 0 Å². The molecule has 1 aliphatic heterocycles. The molecule has 0 saturated carbocycles. The third-order valence-corrected chi connectivity index (χ3v) is 6.35. The average molecular weight is 446 g/mol. The number of rotatable bonds is 5. The second kappa shape index (κ2) is 9.70. The van der Waals surface area contributed by atoms with E-state index in [9.17, 15) is 14.4 Å². The molecule has 6 nitrogen and oxygen atoms in total. The first-order chi connectivity index (χ1) is 15.5. The van der Waals surface area contributed by atoms with Crippen LogP contribution in [0.15, 0.2) is 83.8 Å². The Labute approximate surface area is 191 Å². The number of thioether (sulfide) groups is 1. The number of nitrogens with one attached hydrogen (secondary N) is 2. The van der Waals surface area contributed by atoms with Crippen LogP contribution in [0.4, 0.5) is 17.1 Å². The van der Waals surface area contributed by atoms with Gasteiger partial charge in [-0.3, -0.25) is 14.4 Å². The lowest BCUT2D eigenvalue weighted by Crippen LogP contribution is -2.38. The highest BCUT2D eigenvalue weighted by molar-refractivity contribution is 7.99. The molecule has 0 bridgehead atoms. The molecule has 4 rings (SSSR count). The zero-order valence-corrected chi connectivity index (χ0v) is 18.4. The summed E-state index contributed by atoms with van der Waals surface area (Å²) in [6, 6.07) is 24.5. The van der Waals surface area contributed by atoms with Gasteiger partial charge in [0.1, 0.15) is 6.54 Å². The number of benzene rings is 3. The van der Waals surface area contributed by atoms with E-state index >= 15 is 0 Å². The summed E-state index contributed by atoms with van der Waals surface area (Å²) in [6.45, 7) is 1.33. The highest BCUT2D eigenvalue weighted by Crippen LogP contribution is 2.45. The molecule has 2 N–H and O–H groups in total. The topological polar surface area (TPSA) is 78.5 Å². The van der Waals surface area contributed by atoms with E-state index in [1.54, 1.807) is 40.9 Å². The minimum Gasteiger partial charge on any atom is -0.326 e. The monoisotopic (exact) mass is 445 g/mol. The van der Waals surface area contributed by atoms with Crippen LogP contribution in [0.3, 0.4) is 0 Å². The van der Waals surface area contributed by atoms with Crippen molar-refractivity contribution in [2.24, 2.45) is 0 Å². The second-order valence-corrected chi connectivity index (χ2v) is 8.72. The first-order valence-corrected chi connectivity index (χ1v) is 11.2. The molecule has 0 radical (unpaired) electrons. The molecule has 3 aromatic carbocycles. The number of para-hydroxylation sites is 1. The predicted molar refractivity (Wildman–Crippen MR) is 128 cm³/mol. The van der Waals surface area contributed by atoms with Crippen molar-refractivity contribution in [1.29, 1.82) is 0 Å². The molecule has 32 heavy (non-hydrogen) atoms. The summed E-state index contributed by atoms with van der Waals surface area (Å²) >= 11 is 1.64. The average Bonchev–Trinajstić information content (AvgIpc) is 2.91. The van der Waals surface area contributed by atoms with Crippen molar-refractivity contribution < 1.29 is 14.4 Å². The van der Waals surface area contributed by atoms with Gasteiger partial charge in [-0.25, -0.2) is 0 Å². The molecule has 0 fully saturated rings. The normalized spacial score (nSPS) is 15.5.